The van der Waals surface area contributed by atoms with Crippen LogP contribution in [0.3, 0.4) is 0 Å². The molecule has 2 N–H and O–H groups in total. The SMILES string of the molecule is CC1(C)CC(C)(C)c2nc(Cl)c(N)nc21. The Kier molecular flexibility index (Phi) is 2.03. The average Bonchev–Trinajstić information content (AvgIpc) is 2.21. The lowest BCUT2D eigenvalue weighted by Crippen LogP contribution is -2.18. The number of aromatic nitrogens is 2. The van der Waals surface area contributed by atoms with E-state index in [1.165, 1.54) is 0 Å². The first kappa shape index (κ1) is 10.7. The molecule has 0 bridgehead atoms. The van der Waals surface area contributed by atoms with Crippen LogP contribution in [0, 0.1) is 0 Å². The third kappa shape index (κ3) is 1.49. The molecular formula is C11H16ClN3. The van der Waals surface area contributed by atoms with Gasteiger partial charge in [0.15, 0.2) is 11.0 Å². The summed E-state index contributed by atoms with van der Waals surface area (Å²) in [4.78, 5) is 8.76. The molecule has 82 valence electrons. The van der Waals surface area contributed by atoms with Crippen LogP contribution in [0.5, 0.6) is 0 Å². The third-order valence-corrected chi connectivity index (χ3v) is 3.32. The molecule has 0 aliphatic heterocycles. The van der Waals surface area contributed by atoms with E-state index in [0.29, 0.717) is 11.0 Å². The molecule has 1 aliphatic carbocycles. The number of hydrogen-bond acceptors (Lipinski definition) is 3. The highest BCUT2D eigenvalue weighted by molar-refractivity contribution is 6.31. The maximum Gasteiger partial charge on any atom is 0.171 e. The predicted octanol–water partition coefficient (Wildman–Crippen LogP) is 2.67. The maximum atomic E-state index is 5.91. The Bertz CT molecular complexity index is 385. The van der Waals surface area contributed by atoms with Crippen molar-refractivity contribution in [3.63, 3.8) is 0 Å². The van der Waals surface area contributed by atoms with Crippen LogP contribution >= 0.6 is 11.6 Å². The van der Waals surface area contributed by atoms with Crippen molar-refractivity contribution in [2.45, 2.75) is 44.9 Å². The number of hydrogen-bond donors (Lipinski definition) is 1. The zero-order chi connectivity index (χ0) is 11.4. The van der Waals surface area contributed by atoms with Crippen LogP contribution in [0.1, 0.15) is 45.5 Å². The zero-order valence-corrected chi connectivity index (χ0v) is 10.3. The Hall–Kier alpha value is -0.830. The smallest absolute Gasteiger partial charge is 0.171 e. The van der Waals surface area contributed by atoms with Gasteiger partial charge in [0.1, 0.15) is 0 Å². The van der Waals surface area contributed by atoms with Gasteiger partial charge in [-0.25, -0.2) is 9.97 Å². The van der Waals surface area contributed by atoms with E-state index >= 15 is 0 Å². The highest BCUT2D eigenvalue weighted by atomic mass is 35.5. The van der Waals surface area contributed by atoms with E-state index < -0.39 is 0 Å². The molecule has 0 unspecified atom stereocenters. The second-order valence-corrected chi connectivity index (χ2v) is 5.90. The molecule has 2 rings (SSSR count). The largest absolute Gasteiger partial charge is 0.381 e. The van der Waals surface area contributed by atoms with Crippen molar-refractivity contribution in [2.75, 3.05) is 5.73 Å². The highest BCUT2D eigenvalue weighted by Crippen LogP contribution is 2.48. The molecule has 1 aromatic rings. The van der Waals surface area contributed by atoms with Crippen molar-refractivity contribution in [1.82, 2.24) is 9.97 Å². The van der Waals surface area contributed by atoms with E-state index in [0.717, 1.165) is 17.8 Å². The summed E-state index contributed by atoms with van der Waals surface area (Å²) in [5, 5.41) is 0.319. The van der Waals surface area contributed by atoms with Crippen molar-refractivity contribution >= 4 is 17.4 Å². The Balaban J connectivity index is 2.71. The molecule has 0 aromatic carbocycles. The van der Waals surface area contributed by atoms with Gasteiger partial charge in [-0.15, -0.1) is 0 Å². The van der Waals surface area contributed by atoms with Gasteiger partial charge < -0.3 is 5.73 Å². The Morgan fingerprint density at radius 2 is 1.53 bits per heavy atom. The monoisotopic (exact) mass is 225 g/mol. The standard InChI is InChI=1S/C11H16ClN3/c1-10(2)5-11(3,4)7-6(10)14-8(12)9(13)15-7/h5H2,1-4H3,(H2,13,15). The molecule has 1 heterocycles. The third-order valence-electron chi connectivity index (χ3n) is 3.04. The lowest BCUT2D eigenvalue weighted by atomic mass is 9.83. The summed E-state index contributed by atoms with van der Waals surface area (Å²) >= 11 is 5.91. The lowest BCUT2D eigenvalue weighted by molar-refractivity contribution is 0.396. The van der Waals surface area contributed by atoms with Crippen LogP contribution < -0.4 is 5.73 Å². The zero-order valence-electron chi connectivity index (χ0n) is 9.56. The number of nitrogens with zero attached hydrogens (tertiary/aromatic N) is 2. The van der Waals surface area contributed by atoms with Crippen molar-refractivity contribution in [3.05, 3.63) is 16.5 Å². The summed E-state index contributed by atoms with van der Waals surface area (Å²) in [6, 6.07) is 0. The van der Waals surface area contributed by atoms with Gasteiger partial charge in [-0.2, -0.15) is 0 Å². The van der Waals surface area contributed by atoms with Gasteiger partial charge in [-0.3, -0.25) is 0 Å². The number of anilines is 1. The first-order valence-electron chi connectivity index (χ1n) is 5.08. The minimum atomic E-state index is 0.0309. The van der Waals surface area contributed by atoms with Gasteiger partial charge in [0, 0.05) is 10.8 Å². The molecule has 0 amide bonds. The fourth-order valence-corrected chi connectivity index (χ4v) is 2.77. The van der Waals surface area contributed by atoms with E-state index in [2.05, 4.69) is 37.7 Å². The van der Waals surface area contributed by atoms with E-state index in [1.54, 1.807) is 0 Å². The molecule has 3 nitrogen and oxygen atoms in total. The molecule has 0 radical (unpaired) electrons. The normalized spacial score (nSPS) is 21.4. The molecule has 0 saturated carbocycles. The maximum absolute atomic E-state index is 5.91. The minimum absolute atomic E-state index is 0.0309. The second-order valence-electron chi connectivity index (χ2n) is 5.54. The predicted molar refractivity (Wildman–Crippen MR) is 62.1 cm³/mol. The van der Waals surface area contributed by atoms with Crippen LogP contribution in [0.25, 0.3) is 0 Å². The van der Waals surface area contributed by atoms with Crippen LogP contribution in [-0.4, -0.2) is 9.97 Å². The minimum Gasteiger partial charge on any atom is -0.381 e. The summed E-state index contributed by atoms with van der Waals surface area (Å²) in [5.74, 6) is 0.334. The van der Waals surface area contributed by atoms with E-state index in [-0.39, 0.29) is 10.8 Å². The van der Waals surface area contributed by atoms with Gasteiger partial charge in [0.05, 0.1) is 11.4 Å². The first-order chi connectivity index (χ1) is 6.74. The topological polar surface area (TPSA) is 51.8 Å². The average molecular weight is 226 g/mol. The number of fused-ring (bicyclic) bond motifs is 1. The van der Waals surface area contributed by atoms with Gasteiger partial charge in [-0.05, 0) is 6.42 Å². The fourth-order valence-electron chi connectivity index (χ4n) is 2.64. The van der Waals surface area contributed by atoms with Crippen LogP contribution in [0.2, 0.25) is 5.15 Å². The summed E-state index contributed by atoms with van der Waals surface area (Å²) in [6.07, 6.45) is 1.02. The fraction of sp³-hybridized carbons (Fsp3) is 0.636. The molecule has 0 atom stereocenters. The molecule has 0 fully saturated rings. The van der Waals surface area contributed by atoms with Gasteiger partial charge in [0.25, 0.3) is 0 Å². The van der Waals surface area contributed by atoms with Crippen molar-refractivity contribution in [1.29, 1.82) is 0 Å². The second kappa shape index (κ2) is 2.85. The molecule has 0 saturated heterocycles. The van der Waals surface area contributed by atoms with Crippen LogP contribution in [0.4, 0.5) is 5.82 Å². The molecule has 0 spiro atoms. The molecule has 4 heteroatoms. The van der Waals surface area contributed by atoms with E-state index in [1.807, 2.05) is 0 Å². The number of nitrogen functional groups attached to an aromatic ring is 1. The Labute approximate surface area is 95.1 Å². The highest BCUT2D eigenvalue weighted by Gasteiger charge is 2.45. The van der Waals surface area contributed by atoms with Crippen molar-refractivity contribution in [2.24, 2.45) is 0 Å². The number of nitrogens with two attached hydrogens (primary N) is 1. The summed E-state index contributed by atoms with van der Waals surface area (Å²) in [5.41, 5.74) is 7.75. The van der Waals surface area contributed by atoms with Crippen molar-refractivity contribution < 1.29 is 0 Å². The molecule has 1 aliphatic rings. The number of halogens is 1. The van der Waals surface area contributed by atoms with E-state index in [9.17, 15) is 0 Å². The van der Waals surface area contributed by atoms with Gasteiger partial charge >= 0.3 is 0 Å². The Morgan fingerprint density at radius 1 is 1.07 bits per heavy atom. The summed E-state index contributed by atoms with van der Waals surface area (Å²) in [6.45, 7) is 8.68. The molecule has 15 heavy (non-hydrogen) atoms. The van der Waals surface area contributed by atoms with Crippen LogP contribution in [0.15, 0.2) is 0 Å². The Morgan fingerprint density at radius 3 is 2.07 bits per heavy atom. The summed E-state index contributed by atoms with van der Waals surface area (Å²) in [7, 11) is 0. The number of rotatable bonds is 0. The lowest BCUT2D eigenvalue weighted by Gasteiger charge is -2.21. The van der Waals surface area contributed by atoms with Gasteiger partial charge in [-0.1, -0.05) is 39.3 Å². The van der Waals surface area contributed by atoms with Gasteiger partial charge in [0.2, 0.25) is 0 Å². The first-order valence-corrected chi connectivity index (χ1v) is 5.46. The molecular weight excluding hydrogens is 210 g/mol. The van der Waals surface area contributed by atoms with Crippen molar-refractivity contribution in [3.8, 4) is 0 Å². The molecule has 1 aromatic heterocycles. The quantitative estimate of drug-likeness (QED) is 0.739. The summed E-state index contributed by atoms with van der Waals surface area (Å²) < 4.78 is 0. The van der Waals surface area contributed by atoms with Crippen LogP contribution in [-0.2, 0) is 10.8 Å². The van der Waals surface area contributed by atoms with E-state index in [4.69, 9.17) is 17.3 Å².